The Morgan fingerprint density at radius 3 is 2.21 bits per heavy atom. The molecule has 0 N–H and O–H groups in total. The SMILES string of the molecule is CCCCCCCn1cc[n+](C)c1CCCCCC. The summed E-state index contributed by atoms with van der Waals surface area (Å²) in [6.45, 7) is 5.76. The summed E-state index contributed by atoms with van der Waals surface area (Å²) in [6.07, 6.45) is 17.9. The maximum Gasteiger partial charge on any atom is 0.256 e. The fourth-order valence-corrected chi connectivity index (χ4v) is 2.67. The summed E-state index contributed by atoms with van der Waals surface area (Å²) < 4.78 is 4.77. The molecule has 0 unspecified atom stereocenters. The van der Waals surface area contributed by atoms with E-state index in [1.54, 1.807) is 0 Å². The molecule has 0 aliphatic heterocycles. The lowest BCUT2D eigenvalue weighted by Gasteiger charge is -2.03. The first-order valence-corrected chi connectivity index (χ1v) is 8.33. The zero-order chi connectivity index (χ0) is 13.9. The third-order valence-corrected chi connectivity index (χ3v) is 3.97. The highest BCUT2D eigenvalue weighted by molar-refractivity contribution is 4.84. The molecule has 1 heterocycles. The monoisotopic (exact) mass is 265 g/mol. The van der Waals surface area contributed by atoms with Gasteiger partial charge in [-0.05, 0) is 19.3 Å². The van der Waals surface area contributed by atoms with Crippen molar-refractivity contribution < 1.29 is 4.57 Å². The Bertz CT molecular complexity index is 328. The summed E-state index contributed by atoms with van der Waals surface area (Å²) in [5, 5.41) is 0. The highest BCUT2D eigenvalue weighted by Crippen LogP contribution is 2.08. The molecular weight excluding hydrogens is 232 g/mol. The quantitative estimate of drug-likeness (QED) is 0.414. The van der Waals surface area contributed by atoms with Gasteiger partial charge in [-0.1, -0.05) is 52.4 Å². The predicted molar refractivity (Wildman–Crippen MR) is 82.2 cm³/mol. The van der Waals surface area contributed by atoms with Gasteiger partial charge < -0.3 is 0 Å². The molecule has 0 spiro atoms. The van der Waals surface area contributed by atoms with Crippen LogP contribution in [0.25, 0.3) is 0 Å². The first-order chi connectivity index (χ1) is 9.29. The van der Waals surface area contributed by atoms with Crippen LogP contribution in [0.4, 0.5) is 0 Å². The molecule has 2 heteroatoms. The molecule has 0 aliphatic carbocycles. The Hall–Kier alpha value is -0.790. The van der Waals surface area contributed by atoms with E-state index in [9.17, 15) is 0 Å². The molecule has 0 bridgehead atoms. The summed E-state index contributed by atoms with van der Waals surface area (Å²) in [7, 11) is 2.18. The van der Waals surface area contributed by atoms with Gasteiger partial charge in [-0.15, -0.1) is 0 Å². The third-order valence-electron chi connectivity index (χ3n) is 3.97. The van der Waals surface area contributed by atoms with Gasteiger partial charge in [0.05, 0.1) is 13.6 Å². The summed E-state index contributed by atoms with van der Waals surface area (Å²) >= 11 is 0. The molecule has 0 radical (unpaired) electrons. The van der Waals surface area contributed by atoms with Crippen LogP contribution in [-0.2, 0) is 20.0 Å². The summed E-state index contributed by atoms with van der Waals surface area (Å²) in [5.74, 6) is 1.51. The number of imidazole rings is 1. The lowest BCUT2D eigenvalue weighted by atomic mass is 10.1. The van der Waals surface area contributed by atoms with Crippen LogP contribution >= 0.6 is 0 Å². The molecule has 110 valence electrons. The van der Waals surface area contributed by atoms with E-state index >= 15 is 0 Å². The standard InChI is InChI=1S/C17H33N2/c1-4-6-8-10-12-14-19-16-15-18(3)17(19)13-11-9-7-5-2/h15-16H,4-14H2,1-3H3/q+1. The van der Waals surface area contributed by atoms with Crippen LogP contribution in [0.3, 0.4) is 0 Å². The molecular formula is C17H33N2+. The maximum atomic E-state index is 2.47. The molecule has 0 saturated heterocycles. The van der Waals surface area contributed by atoms with E-state index in [4.69, 9.17) is 0 Å². The zero-order valence-electron chi connectivity index (χ0n) is 13.3. The van der Waals surface area contributed by atoms with Crippen molar-refractivity contribution in [1.29, 1.82) is 0 Å². The van der Waals surface area contributed by atoms with Gasteiger partial charge in [0.15, 0.2) is 0 Å². The van der Waals surface area contributed by atoms with Gasteiger partial charge in [-0.2, -0.15) is 0 Å². The molecule has 0 aromatic carbocycles. The smallest absolute Gasteiger partial charge is 0.237 e. The fraction of sp³-hybridized carbons (Fsp3) is 0.824. The molecule has 2 nitrogen and oxygen atoms in total. The van der Waals surface area contributed by atoms with Crippen LogP contribution in [0, 0.1) is 0 Å². The number of hydrogen-bond donors (Lipinski definition) is 0. The number of hydrogen-bond acceptors (Lipinski definition) is 0. The molecule has 0 saturated carbocycles. The van der Waals surface area contributed by atoms with E-state index in [1.807, 2.05) is 0 Å². The molecule has 1 aromatic rings. The van der Waals surface area contributed by atoms with Crippen LogP contribution in [0.1, 0.15) is 77.5 Å². The Balaban J connectivity index is 2.32. The minimum atomic E-state index is 1.20. The Morgan fingerprint density at radius 2 is 1.53 bits per heavy atom. The molecule has 0 fully saturated rings. The highest BCUT2D eigenvalue weighted by atomic mass is 15.1. The van der Waals surface area contributed by atoms with E-state index in [0.717, 1.165) is 0 Å². The van der Waals surface area contributed by atoms with E-state index in [0.29, 0.717) is 0 Å². The molecule has 0 atom stereocenters. The van der Waals surface area contributed by atoms with Gasteiger partial charge in [-0.3, -0.25) is 0 Å². The Morgan fingerprint density at radius 1 is 0.895 bits per heavy atom. The van der Waals surface area contributed by atoms with Gasteiger partial charge in [0, 0.05) is 6.42 Å². The molecule has 1 rings (SSSR count). The number of rotatable bonds is 11. The van der Waals surface area contributed by atoms with Crippen LogP contribution in [0.15, 0.2) is 12.4 Å². The summed E-state index contributed by atoms with van der Waals surface area (Å²) in [6, 6.07) is 0. The van der Waals surface area contributed by atoms with Crippen molar-refractivity contribution in [1.82, 2.24) is 4.57 Å². The Kier molecular flexibility index (Phi) is 8.61. The van der Waals surface area contributed by atoms with E-state index in [2.05, 4.69) is 42.4 Å². The molecule has 0 amide bonds. The first-order valence-electron chi connectivity index (χ1n) is 8.33. The molecule has 19 heavy (non-hydrogen) atoms. The van der Waals surface area contributed by atoms with Crippen molar-refractivity contribution in [2.24, 2.45) is 7.05 Å². The molecule has 0 aliphatic rings. The van der Waals surface area contributed by atoms with Crippen LogP contribution in [0.2, 0.25) is 0 Å². The van der Waals surface area contributed by atoms with Gasteiger partial charge in [0.2, 0.25) is 0 Å². The minimum Gasteiger partial charge on any atom is -0.237 e. The van der Waals surface area contributed by atoms with E-state index in [1.165, 1.54) is 76.6 Å². The lowest BCUT2D eigenvalue weighted by Crippen LogP contribution is -2.32. The second kappa shape index (κ2) is 10.1. The van der Waals surface area contributed by atoms with Crippen LogP contribution < -0.4 is 4.57 Å². The summed E-state index contributed by atoms with van der Waals surface area (Å²) in [4.78, 5) is 0. The van der Waals surface area contributed by atoms with Crippen LogP contribution in [-0.4, -0.2) is 4.57 Å². The van der Waals surface area contributed by atoms with Gasteiger partial charge in [-0.25, -0.2) is 9.13 Å². The lowest BCUT2D eigenvalue weighted by molar-refractivity contribution is -0.678. The number of aromatic nitrogens is 2. The van der Waals surface area contributed by atoms with E-state index in [-0.39, 0.29) is 0 Å². The number of unbranched alkanes of at least 4 members (excludes halogenated alkanes) is 7. The average molecular weight is 265 g/mol. The number of nitrogens with zero attached hydrogens (tertiary/aromatic N) is 2. The van der Waals surface area contributed by atoms with Crippen molar-refractivity contribution in [2.45, 2.75) is 84.6 Å². The zero-order valence-corrected chi connectivity index (χ0v) is 13.3. The van der Waals surface area contributed by atoms with Crippen molar-refractivity contribution >= 4 is 0 Å². The second-order valence-corrected chi connectivity index (χ2v) is 5.74. The maximum absolute atomic E-state index is 2.47. The highest BCUT2D eigenvalue weighted by Gasteiger charge is 2.13. The second-order valence-electron chi connectivity index (χ2n) is 5.74. The predicted octanol–water partition coefficient (Wildman–Crippen LogP) is 4.41. The van der Waals surface area contributed by atoms with Crippen molar-refractivity contribution in [3.8, 4) is 0 Å². The largest absolute Gasteiger partial charge is 0.256 e. The number of aryl methyl sites for hydroxylation is 2. The van der Waals surface area contributed by atoms with Gasteiger partial charge >= 0.3 is 0 Å². The first kappa shape index (κ1) is 16.3. The average Bonchev–Trinajstić information content (AvgIpc) is 2.76. The normalized spacial score (nSPS) is 11.1. The van der Waals surface area contributed by atoms with Crippen molar-refractivity contribution in [3.05, 3.63) is 18.2 Å². The third kappa shape index (κ3) is 6.26. The van der Waals surface area contributed by atoms with Gasteiger partial charge in [0.25, 0.3) is 5.82 Å². The van der Waals surface area contributed by atoms with Crippen molar-refractivity contribution in [2.75, 3.05) is 0 Å². The van der Waals surface area contributed by atoms with E-state index < -0.39 is 0 Å². The van der Waals surface area contributed by atoms with Crippen LogP contribution in [0.5, 0.6) is 0 Å². The minimum absolute atomic E-state index is 1.20. The van der Waals surface area contributed by atoms with Gasteiger partial charge in [0.1, 0.15) is 12.4 Å². The Labute approximate surface area is 119 Å². The molecule has 1 aromatic heterocycles. The summed E-state index contributed by atoms with van der Waals surface area (Å²) in [5.41, 5.74) is 0. The fourth-order valence-electron chi connectivity index (χ4n) is 2.67. The topological polar surface area (TPSA) is 8.81 Å². The van der Waals surface area contributed by atoms with Crippen molar-refractivity contribution in [3.63, 3.8) is 0 Å².